The van der Waals surface area contributed by atoms with E-state index in [2.05, 4.69) is 10.3 Å². The molecule has 23 heavy (non-hydrogen) atoms. The summed E-state index contributed by atoms with van der Waals surface area (Å²) in [6, 6.07) is 3.39. The van der Waals surface area contributed by atoms with Gasteiger partial charge in [0.2, 0.25) is 11.8 Å². The summed E-state index contributed by atoms with van der Waals surface area (Å²) in [5.74, 6) is 0.453. The Morgan fingerprint density at radius 2 is 2.09 bits per heavy atom. The summed E-state index contributed by atoms with van der Waals surface area (Å²) in [4.78, 5) is 16.3. The topological polar surface area (TPSA) is 86.5 Å². The van der Waals surface area contributed by atoms with Crippen LogP contribution in [0, 0.1) is 5.41 Å². The smallest absolute Gasteiger partial charge is 0.227 e. The molecule has 1 fully saturated rings. The summed E-state index contributed by atoms with van der Waals surface area (Å²) >= 11 is 5.73. The zero-order valence-corrected chi connectivity index (χ0v) is 15.0. The number of aromatic nitrogens is 1. The number of pyridine rings is 1. The van der Waals surface area contributed by atoms with E-state index < -0.39 is 5.41 Å². The van der Waals surface area contributed by atoms with Crippen molar-refractivity contribution in [3.8, 4) is 5.88 Å². The molecular weight excluding hydrogens is 365 g/mol. The zero-order valence-electron chi connectivity index (χ0n) is 12.6. The minimum absolute atomic E-state index is 0. The lowest BCUT2D eigenvalue weighted by Crippen LogP contribution is -2.49. The molecule has 2 heterocycles. The molecule has 1 aromatic heterocycles. The van der Waals surface area contributed by atoms with Gasteiger partial charge < -0.3 is 20.5 Å². The van der Waals surface area contributed by atoms with Crippen molar-refractivity contribution < 1.29 is 14.3 Å². The molecule has 1 aromatic rings. The third kappa shape index (κ3) is 6.31. The number of hydrogen-bond acceptors (Lipinski definition) is 5. The van der Waals surface area contributed by atoms with Crippen LogP contribution in [0.1, 0.15) is 12.8 Å². The Kier molecular flexibility index (Phi) is 10.5. The van der Waals surface area contributed by atoms with Gasteiger partial charge >= 0.3 is 0 Å². The van der Waals surface area contributed by atoms with E-state index in [1.165, 1.54) is 6.20 Å². The molecular formula is C14H22Cl3N3O3. The highest BCUT2D eigenvalue weighted by Crippen LogP contribution is 2.29. The number of nitrogens with zero attached hydrogens (tertiary/aromatic N) is 1. The molecule has 0 atom stereocenters. The molecule has 0 spiro atoms. The third-order valence-electron chi connectivity index (χ3n) is 3.66. The Balaban J connectivity index is 0.00000242. The molecule has 1 aliphatic heterocycles. The second-order valence-corrected chi connectivity index (χ2v) is 5.45. The van der Waals surface area contributed by atoms with Gasteiger partial charge in [0.05, 0.1) is 17.0 Å². The zero-order chi connectivity index (χ0) is 15.1. The summed E-state index contributed by atoms with van der Waals surface area (Å²) in [6.07, 6.45) is 2.84. The number of nitrogens with two attached hydrogens (primary N) is 1. The summed E-state index contributed by atoms with van der Waals surface area (Å²) in [7, 11) is 0. The van der Waals surface area contributed by atoms with E-state index in [0.29, 0.717) is 56.7 Å². The number of carbonyl (C=O) groups excluding carboxylic acids is 1. The molecule has 2 rings (SSSR count). The fourth-order valence-electron chi connectivity index (χ4n) is 2.24. The predicted octanol–water partition coefficient (Wildman–Crippen LogP) is 1.83. The molecule has 9 heteroatoms. The van der Waals surface area contributed by atoms with Crippen molar-refractivity contribution in [3.63, 3.8) is 0 Å². The van der Waals surface area contributed by atoms with Gasteiger partial charge in [-0.05, 0) is 18.9 Å². The molecule has 0 bridgehead atoms. The van der Waals surface area contributed by atoms with Gasteiger partial charge in [-0.1, -0.05) is 11.6 Å². The van der Waals surface area contributed by atoms with E-state index in [1.807, 2.05) is 0 Å². The van der Waals surface area contributed by atoms with Crippen LogP contribution in [0.25, 0.3) is 0 Å². The second-order valence-electron chi connectivity index (χ2n) is 5.02. The lowest BCUT2D eigenvalue weighted by Gasteiger charge is -2.34. The van der Waals surface area contributed by atoms with Gasteiger partial charge in [0.15, 0.2) is 0 Å². The maximum atomic E-state index is 12.3. The van der Waals surface area contributed by atoms with Crippen molar-refractivity contribution in [1.82, 2.24) is 10.3 Å². The van der Waals surface area contributed by atoms with Crippen LogP contribution in [-0.2, 0) is 9.53 Å². The molecule has 0 radical (unpaired) electrons. The summed E-state index contributed by atoms with van der Waals surface area (Å²) in [5.41, 5.74) is 5.28. The Hall–Kier alpha value is -0.790. The van der Waals surface area contributed by atoms with Gasteiger partial charge in [-0.15, -0.1) is 24.8 Å². The molecule has 0 aliphatic carbocycles. The lowest BCUT2D eigenvalue weighted by atomic mass is 9.79. The molecule has 0 saturated carbocycles. The van der Waals surface area contributed by atoms with Crippen molar-refractivity contribution in [3.05, 3.63) is 23.4 Å². The highest BCUT2D eigenvalue weighted by atomic mass is 35.5. The van der Waals surface area contributed by atoms with Crippen molar-refractivity contribution in [1.29, 1.82) is 0 Å². The van der Waals surface area contributed by atoms with Crippen LogP contribution in [0.3, 0.4) is 0 Å². The normalized spacial score (nSPS) is 15.7. The Morgan fingerprint density at radius 3 is 2.65 bits per heavy atom. The highest BCUT2D eigenvalue weighted by molar-refractivity contribution is 6.30. The number of hydrogen-bond donors (Lipinski definition) is 2. The van der Waals surface area contributed by atoms with Gasteiger partial charge in [-0.25, -0.2) is 4.98 Å². The maximum Gasteiger partial charge on any atom is 0.227 e. The average Bonchev–Trinajstić information content (AvgIpc) is 2.53. The van der Waals surface area contributed by atoms with Crippen LogP contribution < -0.4 is 15.8 Å². The lowest BCUT2D eigenvalue weighted by molar-refractivity contribution is -0.136. The largest absolute Gasteiger partial charge is 0.476 e. The first-order valence-corrected chi connectivity index (χ1v) is 7.34. The maximum absolute atomic E-state index is 12.3. The quantitative estimate of drug-likeness (QED) is 0.728. The number of carbonyl (C=O) groups is 1. The SMILES string of the molecule is Cl.Cl.NCC1(C(=O)NCCOc2ccc(Cl)cn2)CCOCC1. The predicted molar refractivity (Wildman–Crippen MR) is 93.8 cm³/mol. The molecule has 0 unspecified atom stereocenters. The Labute approximate surface area is 153 Å². The Bertz CT molecular complexity index is 468. The van der Waals surface area contributed by atoms with Crippen molar-refractivity contribution >= 4 is 42.3 Å². The minimum atomic E-state index is -0.503. The molecule has 0 aromatic carbocycles. The first kappa shape index (κ1) is 22.2. The van der Waals surface area contributed by atoms with E-state index in [-0.39, 0.29) is 30.7 Å². The van der Waals surface area contributed by atoms with Crippen molar-refractivity contribution in [2.24, 2.45) is 11.1 Å². The standard InChI is InChI=1S/C14H20ClN3O3.2ClH/c15-11-1-2-12(18-9-11)21-8-5-17-13(19)14(10-16)3-6-20-7-4-14;;/h1-2,9H,3-8,10,16H2,(H,17,19);2*1H. The minimum Gasteiger partial charge on any atom is -0.476 e. The Morgan fingerprint density at radius 1 is 1.39 bits per heavy atom. The fraction of sp³-hybridized carbons (Fsp3) is 0.571. The molecule has 1 amide bonds. The molecule has 3 N–H and O–H groups in total. The summed E-state index contributed by atoms with van der Waals surface area (Å²) < 4.78 is 10.7. The fourth-order valence-corrected chi connectivity index (χ4v) is 2.35. The van der Waals surface area contributed by atoms with Gasteiger partial charge in [-0.3, -0.25) is 4.79 Å². The number of amides is 1. The van der Waals surface area contributed by atoms with Crippen molar-refractivity contribution in [2.45, 2.75) is 12.8 Å². The summed E-state index contributed by atoms with van der Waals surface area (Å²) in [6.45, 7) is 2.25. The molecule has 1 aliphatic rings. The number of rotatable bonds is 6. The first-order chi connectivity index (χ1) is 10.2. The van der Waals surface area contributed by atoms with Crippen LogP contribution in [-0.4, -0.2) is 43.8 Å². The first-order valence-electron chi connectivity index (χ1n) is 6.97. The summed E-state index contributed by atoms with van der Waals surface area (Å²) in [5, 5.41) is 3.43. The van der Waals surface area contributed by atoms with Crippen molar-refractivity contribution in [2.75, 3.05) is 32.9 Å². The van der Waals surface area contributed by atoms with Gasteiger partial charge in [0, 0.05) is 32.0 Å². The van der Waals surface area contributed by atoms with Crippen LogP contribution in [0.2, 0.25) is 5.02 Å². The molecule has 132 valence electrons. The number of ether oxygens (including phenoxy) is 2. The van der Waals surface area contributed by atoms with Crippen LogP contribution in [0.15, 0.2) is 18.3 Å². The van der Waals surface area contributed by atoms with E-state index in [9.17, 15) is 4.79 Å². The van der Waals surface area contributed by atoms with E-state index >= 15 is 0 Å². The third-order valence-corrected chi connectivity index (χ3v) is 3.88. The van der Waals surface area contributed by atoms with Gasteiger partial charge in [0.1, 0.15) is 6.61 Å². The van der Waals surface area contributed by atoms with Gasteiger partial charge in [0.25, 0.3) is 0 Å². The van der Waals surface area contributed by atoms with E-state index in [4.69, 9.17) is 26.8 Å². The number of nitrogens with one attached hydrogen (secondary N) is 1. The van der Waals surface area contributed by atoms with Gasteiger partial charge in [-0.2, -0.15) is 0 Å². The van der Waals surface area contributed by atoms with Crippen LogP contribution >= 0.6 is 36.4 Å². The molecule has 1 saturated heterocycles. The highest BCUT2D eigenvalue weighted by Gasteiger charge is 2.38. The average molecular weight is 387 g/mol. The van der Waals surface area contributed by atoms with Crippen LogP contribution in [0.5, 0.6) is 5.88 Å². The van der Waals surface area contributed by atoms with E-state index in [0.717, 1.165) is 0 Å². The number of halogens is 3. The molecule has 6 nitrogen and oxygen atoms in total. The second kappa shape index (κ2) is 10.9. The van der Waals surface area contributed by atoms with Crippen LogP contribution in [0.4, 0.5) is 0 Å². The van der Waals surface area contributed by atoms with E-state index in [1.54, 1.807) is 12.1 Å². The monoisotopic (exact) mass is 385 g/mol.